The standard InChI is InChI=1S/C25H28N4O6/c1-4-34-23(31)19-14-20-22(30)28(12-11-18-9-7-13-35-18)25(2,16-29(20)27-19)24(32)26-15-17-8-5-6-10-21(17)33-3/h5-10,13-14H,4,11-12,15-16H2,1-3H3,(H,26,32). The van der Waals surface area contributed by atoms with Gasteiger partial charge in [-0.2, -0.15) is 5.10 Å². The van der Waals surface area contributed by atoms with Crippen LogP contribution in [0, 0.1) is 0 Å². The average Bonchev–Trinajstić information content (AvgIpc) is 3.53. The summed E-state index contributed by atoms with van der Waals surface area (Å²) in [6.07, 6.45) is 1.99. The maximum atomic E-state index is 13.6. The Morgan fingerprint density at radius 2 is 2.03 bits per heavy atom. The lowest BCUT2D eigenvalue weighted by Crippen LogP contribution is -2.64. The third-order valence-corrected chi connectivity index (χ3v) is 6.07. The molecule has 10 nitrogen and oxygen atoms in total. The van der Waals surface area contributed by atoms with Crippen molar-refractivity contribution in [1.82, 2.24) is 20.0 Å². The first-order valence-corrected chi connectivity index (χ1v) is 11.4. The molecule has 1 aromatic carbocycles. The molecule has 1 N–H and O–H groups in total. The molecule has 0 spiro atoms. The molecule has 1 aliphatic heterocycles. The van der Waals surface area contributed by atoms with Crippen LogP contribution in [0.5, 0.6) is 5.75 Å². The van der Waals surface area contributed by atoms with E-state index in [2.05, 4.69) is 10.4 Å². The first-order chi connectivity index (χ1) is 16.9. The molecule has 1 aliphatic rings. The average molecular weight is 481 g/mol. The summed E-state index contributed by atoms with van der Waals surface area (Å²) in [7, 11) is 1.57. The van der Waals surface area contributed by atoms with Gasteiger partial charge in [0.05, 0.1) is 26.5 Å². The fraction of sp³-hybridized carbons (Fsp3) is 0.360. The summed E-state index contributed by atoms with van der Waals surface area (Å²) < 4.78 is 17.2. The van der Waals surface area contributed by atoms with Crippen molar-refractivity contribution < 1.29 is 28.3 Å². The van der Waals surface area contributed by atoms with Gasteiger partial charge in [-0.3, -0.25) is 14.3 Å². The highest BCUT2D eigenvalue weighted by atomic mass is 16.5. The largest absolute Gasteiger partial charge is 0.496 e. The number of hydrogen-bond acceptors (Lipinski definition) is 7. The highest BCUT2D eigenvalue weighted by Gasteiger charge is 2.48. The second-order valence-electron chi connectivity index (χ2n) is 8.35. The van der Waals surface area contributed by atoms with Crippen LogP contribution in [0.4, 0.5) is 0 Å². The zero-order valence-electron chi connectivity index (χ0n) is 19.9. The van der Waals surface area contributed by atoms with E-state index in [1.165, 1.54) is 15.6 Å². The molecule has 1 atom stereocenters. The van der Waals surface area contributed by atoms with E-state index >= 15 is 0 Å². The fourth-order valence-electron chi connectivity index (χ4n) is 4.19. The van der Waals surface area contributed by atoms with E-state index in [9.17, 15) is 14.4 Å². The molecular weight excluding hydrogens is 452 g/mol. The Morgan fingerprint density at radius 3 is 2.74 bits per heavy atom. The first kappa shape index (κ1) is 24.1. The summed E-state index contributed by atoms with van der Waals surface area (Å²) >= 11 is 0. The maximum absolute atomic E-state index is 13.6. The molecule has 2 amide bonds. The molecule has 0 saturated carbocycles. The number of amides is 2. The van der Waals surface area contributed by atoms with Crippen LogP contribution < -0.4 is 10.1 Å². The van der Waals surface area contributed by atoms with Gasteiger partial charge in [0.25, 0.3) is 5.91 Å². The molecule has 35 heavy (non-hydrogen) atoms. The third-order valence-electron chi connectivity index (χ3n) is 6.07. The molecule has 3 aromatic rings. The number of nitrogens with one attached hydrogen (secondary N) is 1. The fourth-order valence-corrected chi connectivity index (χ4v) is 4.19. The number of methoxy groups -OCH3 is 1. The third kappa shape index (κ3) is 4.77. The lowest BCUT2D eigenvalue weighted by atomic mass is 9.94. The molecule has 0 aliphatic carbocycles. The van der Waals surface area contributed by atoms with Crippen molar-refractivity contribution in [2.45, 2.75) is 38.9 Å². The molecule has 0 fully saturated rings. The molecule has 0 radical (unpaired) electrons. The number of aromatic nitrogens is 2. The van der Waals surface area contributed by atoms with Gasteiger partial charge in [-0.25, -0.2) is 4.79 Å². The Bertz CT molecular complexity index is 1220. The summed E-state index contributed by atoms with van der Waals surface area (Å²) in [4.78, 5) is 40.8. The molecule has 2 aromatic heterocycles. The Balaban J connectivity index is 1.62. The van der Waals surface area contributed by atoms with E-state index in [1.807, 2.05) is 30.3 Å². The van der Waals surface area contributed by atoms with Gasteiger partial charge >= 0.3 is 5.97 Å². The van der Waals surface area contributed by atoms with Gasteiger partial charge in [0.15, 0.2) is 5.69 Å². The van der Waals surface area contributed by atoms with Gasteiger partial charge in [-0.05, 0) is 32.0 Å². The van der Waals surface area contributed by atoms with Crippen molar-refractivity contribution in [3.05, 3.63) is 71.4 Å². The molecule has 10 heteroatoms. The molecular formula is C25H28N4O6. The number of ether oxygens (including phenoxy) is 2. The van der Waals surface area contributed by atoms with Crippen LogP contribution in [-0.4, -0.2) is 58.3 Å². The second kappa shape index (κ2) is 10.0. The van der Waals surface area contributed by atoms with Gasteiger partial charge in [0.1, 0.15) is 22.7 Å². The zero-order chi connectivity index (χ0) is 25.0. The molecule has 4 rings (SSSR count). The van der Waals surface area contributed by atoms with Crippen LogP contribution in [0.25, 0.3) is 0 Å². The molecule has 0 bridgehead atoms. The summed E-state index contributed by atoms with van der Waals surface area (Å²) in [6.45, 7) is 4.11. The minimum atomic E-state index is -1.27. The normalized spacial score (nSPS) is 17.1. The molecule has 184 valence electrons. The van der Waals surface area contributed by atoms with E-state index in [1.54, 1.807) is 33.3 Å². The predicted molar refractivity (Wildman–Crippen MR) is 125 cm³/mol. The van der Waals surface area contributed by atoms with E-state index in [0.29, 0.717) is 17.9 Å². The number of fused-ring (bicyclic) bond motifs is 1. The number of furan rings is 1. The number of hydrogen-bond donors (Lipinski definition) is 1. The second-order valence-corrected chi connectivity index (χ2v) is 8.35. The predicted octanol–water partition coefficient (Wildman–Crippen LogP) is 2.43. The summed E-state index contributed by atoms with van der Waals surface area (Å²) in [5.74, 6) is -0.0239. The summed E-state index contributed by atoms with van der Waals surface area (Å²) in [5.41, 5.74) is -0.209. The van der Waals surface area contributed by atoms with Crippen LogP contribution in [0.1, 0.15) is 46.1 Å². The van der Waals surface area contributed by atoms with Crippen molar-refractivity contribution in [3.63, 3.8) is 0 Å². The van der Waals surface area contributed by atoms with Gasteiger partial charge < -0.3 is 24.1 Å². The van der Waals surface area contributed by atoms with Crippen molar-refractivity contribution in [2.75, 3.05) is 20.3 Å². The molecule has 1 unspecified atom stereocenters. The van der Waals surface area contributed by atoms with Crippen LogP contribution in [-0.2, 0) is 29.0 Å². The number of carbonyl (C=O) groups excluding carboxylic acids is 3. The van der Waals surface area contributed by atoms with Crippen LogP contribution in [0.15, 0.2) is 53.1 Å². The van der Waals surface area contributed by atoms with Gasteiger partial charge in [0.2, 0.25) is 5.91 Å². The van der Waals surface area contributed by atoms with Crippen molar-refractivity contribution in [3.8, 4) is 5.75 Å². The number of benzene rings is 1. The highest BCUT2D eigenvalue weighted by Crippen LogP contribution is 2.29. The lowest BCUT2D eigenvalue weighted by Gasteiger charge is -2.43. The van der Waals surface area contributed by atoms with Crippen molar-refractivity contribution >= 4 is 17.8 Å². The lowest BCUT2D eigenvalue weighted by molar-refractivity contribution is -0.133. The topological polar surface area (TPSA) is 116 Å². The Labute approximate surface area is 202 Å². The number of para-hydroxylation sites is 1. The zero-order valence-corrected chi connectivity index (χ0v) is 19.9. The van der Waals surface area contributed by atoms with Crippen LogP contribution in [0.3, 0.4) is 0 Å². The van der Waals surface area contributed by atoms with Gasteiger partial charge in [-0.1, -0.05) is 18.2 Å². The van der Waals surface area contributed by atoms with E-state index in [0.717, 1.165) is 5.56 Å². The molecule has 3 heterocycles. The van der Waals surface area contributed by atoms with E-state index < -0.39 is 17.4 Å². The Morgan fingerprint density at radius 1 is 1.23 bits per heavy atom. The minimum absolute atomic E-state index is 0.0277. The quantitative estimate of drug-likeness (QED) is 0.468. The Hall–Kier alpha value is -4.08. The number of esters is 1. The number of carbonyl (C=O) groups is 3. The monoisotopic (exact) mass is 480 g/mol. The van der Waals surface area contributed by atoms with E-state index in [4.69, 9.17) is 13.9 Å². The first-order valence-electron chi connectivity index (χ1n) is 11.4. The van der Waals surface area contributed by atoms with Crippen molar-refractivity contribution in [1.29, 1.82) is 0 Å². The highest BCUT2D eigenvalue weighted by molar-refractivity contribution is 6.01. The molecule has 0 saturated heterocycles. The van der Waals surface area contributed by atoms with Gasteiger partial charge in [0, 0.05) is 31.1 Å². The number of nitrogens with zero attached hydrogens (tertiary/aromatic N) is 3. The maximum Gasteiger partial charge on any atom is 0.358 e. The summed E-state index contributed by atoms with van der Waals surface area (Å²) in [6, 6.07) is 12.4. The summed E-state index contributed by atoms with van der Waals surface area (Å²) in [5, 5.41) is 7.20. The minimum Gasteiger partial charge on any atom is -0.496 e. The van der Waals surface area contributed by atoms with Crippen molar-refractivity contribution in [2.24, 2.45) is 0 Å². The number of rotatable bonds is 9. The van der Waals surface area contributed by atoms with Crippen LogP contribution in [0.2, 0.25) is 0 Å². The smallest absolute Gasteiger partial charge is 0.358 e. The van der Waals surface area contributed by atoms with E-state index in [-0.39, 0.29) is 43.5 Å². The SMILES string of the molecule is CCOC(=O)c1cc2n(n1)CC(C)(C(=O)NCc1ccccc1OC)N(CCc1ccco1)C2=O. The Kier molecular flexibility index (Phi) is 6.90. The van der Waals surface area contributed by atoms with Crippen LogP contribution >= 0.6 is 0 Å². The van der Waals surface area contributed by atoms with Gasteiger partial charge in [-0.15, -0.1) is 0 Å².